The molecule has 1 aromatic carbocycles. The Morgan fingerprint density at radius 1 is 1.48 bits per heavy atom. The molecule has 1 saturated heterocycles. The Morgan fingerprint density at radius 2 is 2.14 bits per heavy atom. The van der Waals surface area contributed by atoms with Crippen LogP contribution in [0.15, 0.2) is 17.0 Å². The molecule has 0 N–H and O–H groups in total. The lowest BCUT2D eigenvalue weighted by Crippen LogP contribution is -2.41. The molecule has 9 heteroatoms. The van der Waals surface area contributed by atoms with E-state index < -0.39 is 26.5 Å². The van der Waals surface area contributed by atoms with Crippen LogP contribution in [0.4, 0.5) is 10.1 Å². The van der Waals surface area contributed by atoms with Crippen LogP contribution in [-0.4, -0.2) is 41.7 Å². The molecular weight excluding hydrogens is 319 g/mol. The van der Waals surface area contributed by atoms with E-state index in [9.17, 15) is 22.9 Å². The number of benzene rings is 1. The lowest BCUT2D eigenvalue weighted by Gasteiger charge is -2.29. The van der Waals surface area contributed by atoms with Crippen molar-refractivity contribution in [2.45, 2.75) is 24.0 Å². The lowest BCUT2D eigenvalue weighted by molar-refractivity contribution is -0.387. The second-order valence-electron chi connectivity index (χ2n) is 4.87. The van der Waals surface area contributed by atoms with E-state index in [4.69, 9.17) is 0 Å². The maximum absolute atomic E-state index is 13.7. The van der Waals surface area contributed by atoms with Crippen molar-refractivity contribution in [2.24, 2.45) is 0 Å². The Bertz CT molecular complexity index is 678. The van der Waals surface area contributed by atoms with Crippen LogP contribution in [0.5, 0.6) is 0 Å². The van der Waals surface area contributed by atoms with Gasteiger partial charge >= 0.3 is 5.69 Å². The number of hydrogen-bond donors (Lipinski definition) is 0. The Morgan fingerprint density at radius 3 is 2.71 bits per heavy atom. The van der Waals surface area contributed by atoms with Gasteiger partial charge in [0.05, 0.1) is 9.82 Å². The molecule has 1 aliphatic heterocycles. The number of nitro groups is 1. The Balaban J connectivity index is 2.47. The first-order valence-corrected chi connectivity index (χ1v) is 8.78. The minimum absolute atomic E-state index is 0.0535. The van der Waals surface area contributed by atoms with Crippen LogP contribution in [0.3, 0.4) is 0 Å². The summed E-state index contributed by atoms with van der Waals surface area (Å²) in [5.74, 6) is -0.329. The summed E-state index contributed by atoms with van der Waals surface area (Å²) >= 11 is 1.67. The van der Waals surface area contributed by atoms with Crippen molar-refractivity contribution in [2.75, 3.05) is 18.8 Å². The highest BCUT2D eigenvalue weighted by Gasteiger charge is 2.31. The number of nitrogens with zero attached hydrogens (tertiary/aromatic N) is 2. The maximum atomic E-state index is 13.7. The van der Waals surface area contributed by atoms with Crippen LogP contribution in [0, 0.1) is 22.9 Å². The molecular formula is C12H15FN2O4S2. The van der Waals surface area contributed by atoms with Gasteiger partial charge in [-0.05, 0) is 18.6 Å². The summed E-state index contributed by atoms with van der Waals surface area (Å²) in [4.78, 5) is 9.70. The predicted octanol–water partition coefficient (Wildman–Crippen LogP) is 2.17. The molecule has 0 saturated carbocycles. The molecule has 21 heavy (non-hydrogen) atoms. The Kier molecular flexibility index (Phi) is 4.54. The highest BCUT2D eigenvalue weighted by Crippen LogP contribution is 2.29. The fourth-order valence-corrected chi connectivity index (χ4v) is 5.01. The van der Waals surface area contributed by atoms with Gasteiger partial charge in [-0.25, -0.2) is 8.42 Å². The molecule has 1 aromatic rings. The van der Waals surface area contributed by atoms with Crippen LogP contribution >= 0.6 is 11.8 Å². The van der Waals surface area contributed by atoms with E-state index in [1.54, 1.807) is 11.8 Å². The zero-order chi connectivity index (χ0) is 15.8. The highest BCUT2D eigenvalue weighted by atomic mass is 32.2. The lowest BCUT2D eigenvalue weighted by atomic mass is 10.2. The van der Waals surface area contributed by atoms with Gasteiger partial charge < -0.3 is 0 Å². The Hall–Kier alpha value is -1.19. The zero-order valence-corrected chi connectivity index (χ0v) is 13.2. The van der Waals surface area contributed by atoms with Crippen molar-refractivity contribution in [3.05, 3.63) is 33.6 Å². The van der Waals surface area contributed by atoms with E-state index in [-0.39, 0.29) is 15.7 Å². The summed E-state index contributed by atoms with van der Waals surface area (Å²) in [6, 6.07) is 1.94. The SMILES string of the molecule is Cc1cc(S(=O)(=O)N2CCSC(C)C2)cc([N+](=O)[O-])c1F. The number of halogens is 1. The molecule has 0 aromatic heterocycles. The number of nitro benzene ring substituents is 1. The number of sulfonamides is 1. The fourth-order valence-electron chi connectivity index (χ4n) is 2.15. The molecule has 0 aliphatic carbocycles. The molecule has 116 valence electrons. The minimum atomic E-state index is -3.84. The molecule has 0 spiro atoms. The summed E-state index contributed by atoms with van der Waals surface area (Å²) in [5, 5.41) is 11.0. The molecule has 1 heterocycles. The van der Waals surface area contributed by atoms with Crippen molar-refractivity contribution in [1.82, 2.24) is 4.31 Å². The first-order valence-electron chi connectivity index (χ1n) is 6.29. The molecule has 0 bridgehead atoms. The van der Waals surface area contributed by atoms with Crippen LogP contribution in [0.25, 0.3) is 0 Å². The van der Waals surface area contributed by atoms with Crippen molar-refractivity contribution >= 4 is 27.5 Å². The zero-order valence-electron chi connectivity index (χ0n) is 11.6. The van der Waals surface area contributed by atoms with Gasteiger partial charge in [0.15, 0.2) is 0 Å². The van der Waals surface area contributed by atoms with E-state index in [0.29, 0.717) is 18.8 Å². The maximum Gasteiger partial charge on any atom is 0.306 e. The predicted molar refractivity (Wildman–Crippen MR) is 78.5 cm³/mol. The van der Waals surface area contributed by atoms with Crippen molar-refractivity contribution < 1.29 is 17.7 Å². The standard InChI is InChI=1S/C12H15FN2O4S2/c1-8-5-10(6-11(12(8)13)15(16)17)21(18,19)14-3-4-20-9(2)7-14/h5-6,9H,3-4,7H2,1-2H3. The molecule has 1 atom stereocenters. The number of rotatable bonds is 3. The summed E-state index contributed by atoms with van der Waals surface area (Å²) in [7, 11) is -3.84. The quantitative estimate of drug-likeness (QED) is 0.625. The largest absolute Gasteiger partial charge is 0.306 e. The first-order chi connectivity index (χ1) is 9.73. The van der Waals surface area contributed by atoms with E-state index >= 15 is 0 Å². The van der Waals surface area contributed by atoms with Crippen molar-refractivity contribution in [3.63, 3.8) is 0 Å². The second kappa shape index (κ2) is 5.90. The molecule has 0 radical (unpaired) electrons. The Labute approximate surface area is 126 Å². The van der Waals surface area contributed by atoms with Crippen LogP contribution in [-0.2, 0) is 10.0 Å². The highest BCUT2D eigenvalue weighted by molar-refractivity contribution is 8.00. The summed E-state index contributed by atoms with van der Waals surface area (Å²) in [5.41, 5.74) is -0.866. The molecule has 6 nitrogen and oxygen atoms in total. The van der Waals surface area contributed by atoms with Gasteiger partial charge in [0.25, 0.3) is 0 Å². The van der Waals surface area contributed by atoms with Crippen LogP contribution in [0.2, 0.25) is 0 Å². The second-order valence-corrected chi connectivity index (χ2v) is 8.36. The van der Waals surface area contributed by atoms with Gasteiger partial charge in [-0.3, -0.25) is 10.1 Å². The fraction of sp³-hybridized carbons (Fsp3) is 0.500. The third kappa shape index (κ3) is 3.19. The van der Waals surface area contributed by atoms with Gasteiger partial charge in [-0.15, -0.1) is 0 Å². The van der Waals surface area contributed by atoms with Crippen molar-refractivity contribution in [3.8, 4) is 0 Å². The van der Waals surface area contributed by atoms with Crippen molar-refractivity contribution in [1.29, 1.82) is 0 Å². The molecule has 1 fully saturated rings. The molecule has 1 aliphatic rings. The first kappa shape index (κ1) is 16.2. The van der Waals surface area contributed by atoms with Gasteiger partial charge in [0, 0.05) is 30.2 Å². The minimum Gasteiger partial charge on any atom is -0.258 e. The average Bonchev–Trinajstić information content (AvgIpc) is 2.41. The molecule has 1 unspecified atom stereocenters. The summed E-state index contributed by atoms with van der Waals surface area (Å²) in [6.45, 7) is 3.93. The van der Waals surface area contributed by atoms with Gasteiger partial charge in [-0.2, -0.15) is 20.5 Å². The van der Waals surface area contributed by atoms with Gasteiger partial charge in [-0.1, -0.05) is 6.92 Å². The van der Waals surface area contributed by atoms with Crippen LogP contribution in [0.1, 0.15) is 12.5 Å². The van der Waals surface area contributed by atoms with Gasteiger partial charge in [0.1, 0.15) is 0 Å². The average molecular weight is 334 g/mol. The number of aryl methyl sites for hydroxylation is 1. The van der Waals surface area contributed by atoms with E-state index in [2.05, 4.69) is 0 Å². The van der Waals surface area contributed by atoms with E-state index in [1.807, 2.05) is 6.92 Å². The monoisotopic (exact) mass is 334 g/mol. The topological polar surface area (TPSA) is 80.5 Å². The van der Waals surface area contributed by atoms with E-state index in [0.717, 1.165) is 12.1 Å². The van der Waals surface area contributed by atoms with Crippen LogP contribution < -0.4 is 0 Å². The normalized spacial score (nSPS) is 20.4. The van der Waals surface area contributed by atoms with Gasteiger partial charge in [0.2, 0.25) is 15.8 Å². The molecule has 0 amide bonds. The van der Waals surface area contributed by atoms with E-state index in [1.165, 1.54) is 11.2 Å². The third-order valence-corrected chi connectivity index (χ3v) is 6.23. The molecule has 2 rings (SSSR count). The smallest absolute Gasteiger partial charge is 0.258 e. The number of hydrogen-bond acceptors (Lipinski definition) is 5. The third-order valence-electron chi connectivity index (χ3n) is 3.25. The summed E-state index contributed by atoms with van der Waals surface area (Å²) in [6.07, 6.45) is 0. The summed E-state index contributed by atoms with van der Waals surface area (Å²) < 4.78 is 40.1. The number of thioether (sulfide) groups is 1.